The number of rotatable bonds is 5. The van der Waals surface area contributed by atoms with E-state index in [9.17, 15) is 0 Å². The molecule has 0 amide bonds. The van der Waals surface area contributed by atoms with E-state index in [0.717, 1.165) is 32.7 Å². The molecule has 1 aliphatic rings. The van der Waals surface area contributed by atoms with Gasteiger partial charge >= 0.3 is 0 Å². The molecule has 1 atom stereocenters. The molecule has 3 heteroatoms. The molecular formula is C10H22N2O. The van der Waals surface area contributed by atoms with E-state index in [0.29, 0.717) is 6.10 Å². The second-order valence-corrected chi connectivity index (χ2v) is 4.00. The SMILES string of the molecule is CN(C)CCCO[C@H]1CCCNC1. The average Bonchev–Trinajstić information content (AvgIpc) is 2.14. The topological polar surface area (TPSA) is 24.5 Å². The van der Waals surface area contributed by atoms with Crippen molar-refractivity contribution in [3.05, 3.63) is 0 Å². The molecule has 78 valence electrons. The molecule has 0 aliphatic carbocycles. The third-order valence-electron chi connectivity index (χ3n) is 2.35. The summed E-state index contributed by atoms with van der Waals surface area (Å²) < 4.78 is 5.74. The van der Waals surface area contributed by atoms with Crippen LogP contribution in [0.4, 0.5) is 0 Å². The summed E-state index contributed by atoms with van der Waals surface area (Å²) in [6.45, 7) is 4.24. The molecule has 0 bridgehead atoms. The summed E-state index contributed by atoms with van der Waals surface area (Å²) in [6.07, 6.45) is 4.10. The maximum absolute atomic E-state index is 5.74. The van der Waals surface area contributed by atoms with Gasteiger partial charge in [0.1, 0.15) is 0 Å². The van der Waals surface area contributed by atoms with Crippen LogP contribution >= 0.6 is 0 Å². The van der Waals surface area contributed by atoms with Gasteiger partial charge in [0.25, 0.3) is 0 Å². The molecule has 1 N–H and O–H groups in total. The van der Waals surface area contributed by atoms with Gasteiger partial charge in [0.15, 0.2) is 0 Å². The second-order valence-electron chi connectivity index (χ2n) is 4.00. The van der Waals surface area contributed by atoms with Crippen molar-refractivity contribution in [1.82, 2.24) is 10.2 Å². The highest BCUT2D eigenvalue weighted by Crippen LogP contribution is 2.05. The molecule has 0 unspecified atom stereocenters. The van der Waals surface area contributed by atoms with Crippen LogP contribution in [0.5, 0.6) is 0 Å². The van der Waals surface area contributed by atoms with E-state index < -0.39 is 0 Å². The lowest BCUT2D eigenvalue weighted by molar-refractivity contribution is 0.0333. The minimum Gasteiger partial charge on any atom is -0.377 e. The molecule has 0 aromatic carbocycles. The molecule has 1 heterocycles. The van der Waals surface area contributed by atoms with Crippen LogP contribution < -0.4 is 5.32 Å². The van der Waals surface area contributed by atoms with Crippen LogP contribution in [0.1, 0.15) is 19.3 Å². The van der Waals surface area contributed by atoms with Gasteiger partial charge in [0.05, 0.1) is 6.10 Å². The van der Waals surface area contributed by atoms with Gasteiger partial charge in [-0.2, -0.15) is 0 Å². The van der Waals surface area contributed by atoms with Gasteiger partial charge in [-0.15, -0.1) is 0 Å². The fourth-order valence-electron chi connectivity index (χ4n) is 1.59. The van der Waals surface area contributed by atoms with Crippen molar-refractivity contribution in [2.24, 2.45) is 0 Å². The molecule has 3 nitrogen and oxygen atoms in total. The zero-order valence-electron chi connectivity index (χ0n) is 8.88. The molecule has 13 heavy (non-hydrogen) atoms. The number of nitrogens with one attached hydrogen (secondary N) is 1. The molecule has 1 rings (SSSR count). The molecule has 0 saturated carbocycles. The molecule has 1 aliphatic heterocycles. The van der Waals surface area contributed by atoms with Crippen LogP contribution in [-0.2, 0) is 4.74 Å². The quantitative estimate of drug-likeness (QED) is 0.640. The Bertz CT molecular complexity index is 122. The van der Waals surface area contributed by atoms with E-state index in [1.165, 1.54) is 12.8 Å². The molecule has 0 radical (unpaired) electrons. The van der Waals surface area contributed by atoms with Crippen molar-refractivity contribution < 1.29 is 4.74 Å². The standard InChI is InChI=1S/C10H22N2O/c1-12(2)7-4-8-13-10-5-3-6-11-9-10/h10-11H,3-9H2,1-2H3/t10-/m0/s1. The number of hydrogen-bond acceptors (Lipinski definition) is 3. The van der Waals surface area contributed by atoms with Gasteiger partial charge in [-0.1, -0.05) is 0 Å². The maximum Gasteiger partial charge on any atom is 0.0699 e. The minimum absolute atomic E-state index is 0.468. The highest BCUT2D eigenvalue weighted by Gasteiger charge is 2.12. The van der Waals surface area contributed by atoms with E-state index in [4.69, 9.17) is 4.74 Å². The zero-order valence-corrected chi connectivity index (χ0v) is 8.88. The van der Waals surface area contributed by atoms with Gasteiger partial charge < -0.3 is 15.0 Å². The maximum atomic E-state index is 5.74. The lowest BCUT2D eigenvalue weighted by Crippen LogP contribution is -2.35. The number of nitrogens with zero attached hydrogens (tertiary/aromatic N) is 1. The minimum atomic E-state index is 0.468. The fourth-order valence-corrected chi connectivity index (χ4v) is 1.59. The van der Waals surface area contributed by atoms with Crippen LogP contribution in [0.3, 0.4) is 0 Å². The normalized spacial score (nSPS) is 23.8. The third-order valence-corrected chi connectivity index (χ3v) is 2.35. The Hall–Kier alpha value is -0.120. The van der Waals surface area contributed by atoms with Crippen LogP contribution in [0.25, 0.3) is 0 Å². The summed E-state index contributed by atoms with van der Waals surface area (Å²) in [7, 11) is 4.20. The molecule has 0 aromatic rings. The summed E-state index contributed by atoms with van der Waals surface area (Å²) in [6, 6.07) is 0. The molecule has 1 fully saturated rings. The van der Waals surface area contributed by atoms with Gasteiger partial charge in [0.2, 0.25) is 0 Å². The van der Waals surface area contributed by atoms with Crippen molar-refractivity contribution in [1.29, 1.82) is 0 Å². The highest BCUT2D eigenvalue weighted by atomic mass is 16.5. The summed E-state index contributed by atoms with van der Waals surface area (Å²) in [4.78, 5) is 2.20. The molecular weight excluding hydrogens is 164 g/mol. The first-order valence-corrected chi connectivity index (χ1v) is 5.26. The van der Waals surface area contributed by atoms with Gasteiger partial charge in [-0.3, -0.25) is 0 Å². The smallest absolute Gasteiger partial charge is 0.0699 e. The number of piperidine rings is 1. The van der Waals surface area contributed by atoms with Crippen LogP contribution in [0, 0.1) is 0 Å². The fraction of sp³-hybridized carbons (Fsp3) is 1.00. The Balaban J connectivity index is 1.92. The van der Waals surface area contributed by atoms with Crippen LogP contribution in [0.2, 0.25) is 0 Å². The van der Waals surface area contributed by atoms with E-state index >= 15 is 0 Å². The Morgan fingerprint density at radius 2 is 2.31 bits per heavy atom. The van der Waals surface area contributed by atoms with Crippen LogP contribution in [0.15, 0.2) is 0 Å². The average molecular weight is 186 g/mol. The zero-order chi connectivity index (χ0) is 9.52. The first kappa shape index (κ1) is 11.0. The lowest BCUT2D eigenvalue weighted by Gasteiger charge is -2.23. The molecule has 0 aromatic heterocycles. The van der Waals surface area contributed by atoms with E-state index in [1.807, 2.05) is 0 Å². The molecule has 0 spiro atoms. The Kier molecular flexibility index (Phi) is 5.35. The highest BCUT2D eigenvalue weighted by molar-refractivity contribution is 4.68. The molecule has 1 saturated heterocycles. The van der Waals surface area contributed by atoms with Gasteiger partial charge in [-0.25, -0.2) is 0 Å². The van der Waals surface area contributed by atoms with Crippen molar-refractivity contribution in [2.75, 3.05) is 40.3 Å². The van der Waals surface area contributed by atoms with E-state index in [1.54, 1.807) is 0 Å². The van der Waals surface area contributed by atoms with Gasteiger partial charge in [0, 0.05) is 13.2 Å². The largest absolute Gasteiger partial charge is 0.377 e. The van der Waals surface area contributed by atoms with Crippen molar-refractivity contribution in [2.45, 2.75) is 25.4 Å². The summed E-state index contributed by atoms with van der Waals surface area (Å²) in [5, 5.41) is 3.35. The van der Waals surface area contributed by atoms with Crippen molar-refractivity contribution >= 4 is 0 Å². The summed E-state index contributed by atoms with van der Waals surface area (Å²) in [5.74, 6) is 0. The lowest BCUT2D eigenvalue weighted by atomic mass is 10.1. The summed E-state index contributed by atoms with van der Waals surface area (Å²) >= 11 is 0. The first-order valence-electron chi connectivity index (χ1n) is 5.26. The Labute approximate surface area is 81.4 Å². The monoisotopic (exact) mass is 186 g/mol. The van der Waals surface area contributed by atoms with E-state index in [-0.39, 0.29) is 0 Å². The second kappa shape index (κ2) is 6.35. The summed E-state index contributed by atoms with van der Waals surface area (Å²) in [5.41, 5.74) is 0. The predicted molar refractivity (Wildman–Crippen MR) is 55.0 cm³/mol. The number of ether oxygens (including phenoxy) is 1. The third kappa shape index (κ3) is 5.24. The van der Waals surface area contributed by atoms with Crippen LogP contribution in [-0.4, -0.2) is 51.3 Å². The van der Waals surface area contributed by atoms with E-state index in [2.05, 4.69) is 24.3 Å². The number of hydrogen-bond donors (Lipinski definition) is 1. The Morgan fingerprint density at radius 3 is 2.92 bits per heavy atom. The Morgan fingerprint density at radius 1 is 1.46 bits per heavy atom. The van der Waals surface area contributed by atoms with Crippen molar-refractivity contribution in [3.8, 4) is 0 Å². The first-order chi connectivity index (χ1) is 6.29. The van der Waals surface area contributed by atoms with Gasteiger partial charge in [-0.05, 0) is 46.4 Å². The predicted octanol–water partition coefficient (Wildman–Crippen LogP) is 0.707. The van der Waals surface area contributed by atoms with Crippen molar-refractivity contribution in [3.63, 3.8) is 0 Å².